The van der Waals surface area contributed by atoms with Crippen molar-refractivity contribution >= 4 is 52.5 Å². The second-order valence-electron chi connectivity index (χ2n) is 7.28. The molecule has 156 valence electrons. The number of hydrogen-bond acceptors (Lipinski definition) is 3. The Labute approximate surface area is 192 Å². The Balaban J connectivity index is 1.37. The summed E-state index contributed by atoms with van der Waals surface area (Å²) in [7, 11) is 0. The van der Waals surface area contributed by atoms with E-state index in [0.29, 0.717) is 16.6 Å². The van der Waals surface area contributed by atoms with Crippen LogP contribution in [0.15, 0.2) is 42.5 Å². The molecule has 0 aliphatic carbocycles. The highest BCUT2D eigenvalue weighted by molar-refractivity contribution is 7.98. The van der Waals surface area contributed by atoms with Crippen LogP contribution >= 0.6 is 46.6 Å². The topological polar surface area (TPSA) is 32.3 Å². The third kappa shape index (κ3) is 7.37. The zero-order valence-corrected chi connectivity index (χ0v) is 19.3. The third-order valence-corrected chi connectivity index (χ3v) is 6.86. The van der Waals surface area contributed by atoms with Crippen LogP contribution in [0.1, 0.15) is 24.0 Å². The molecular formula is C22H25Cl3N2OS. The highest BCUT2D eigenvalue weighted by atomic mass is 35.5. The van der Waals surface area contributed by atoms with Crippen LogP contribution < -0.4 is 5.32 Å². The minimum atomic E-state index is 0.0618. The fourth-order valence-corrected chi connectivity index (χ4v) is 5.02. The van der Waals surface area contributed by atoms with Crippen LogP contribution in [0.3, 0.4) is 0 Å². The SMILES string of the molecule is O=C(NCCSCc1ccc(Cl)cc1Cl)C1CCCN(Cc2ccc(Cl)cc2)C1. The number of amides is 1. The first-order chi connectivity index (χ1) is 14.0. The van der Waals surface area contributed by atoms with Gasteiger partial charge < -0.3 is 5.32 Å². The van der Waals surface area contributed by atoms with Crippen molar-refractivity contribution in [2.45, 2.75) is 25.1 Å². The predicted octanol–water partition coefficient (Wildman–Crippen LogP) is 5.91. The fourth-order valence-electron chi connectivity index (χ4n) is 3.47. The quantitative estimate of drug-likeness (QED) is 0.486. The average Bonchev–Trinajstić information content (AvgIpc) is 2.71. The molecule has 0 aromatic heterocycles. The summed E-state index contributed by atoms with van der Waals surface area (Å²) in [6.07, 6.45) is 2.01. The van der Waals surface area contributed by atoms with Gasteiger partial charge in [-0.3, -0.25) is 9.69 Å². The molecule has 1 unspecified atom stereocenters. The predicted molar refractivity (Wildman–Crippen MR) is 125 cm³/mol. The molecule has 7 heteroatoms. The molecule has 1 heterocycles. The molecule has 1 fully saturated rings. The van der Waals surface area contributed by atoms with Crippen molar-refractivity contribution in [1.29, 1.82) is 0 Å². The Hall–Kier alpha value is -0.910. The number of piperidine rings is 1. The summed E-state index contributed by atoms with van der Waals surface area (Å²) in [6.45, 7) is 3.37. The summed E-state index contributed by atoms with van der Waals surface area (Å²) in [6, 6.07) is 13.5. The van der Waals surface area contributed by atoms with Crippen LogP contribution in [0.5, 0.6) is 0 Å². The first kappa shape index (κ1) is 22.8. The van der Waals surface area contributed by atoms with E-state index in [1.54, 1.807) is 17.8 Å². The molecule has 0 saturated carbocycles. The van der Waals surface area contributed by atoms with Gasteiger partial charge in [-0.2, -0.15) is 11.8 Å². The largest absolute Gasteiger partial charge is 0.355 e. The van der Waals surface area contributed by atoms with Crippen LogP contribution in [0.2, 0.25) is 15.1 Å². The molecule has 1 atom stereocenters. The van der Waals surface area contributed by atoms with Gasteiger partial charge in [0.15, 0.2) is 0 Å². The van der Waals surface area contributed by atoms with Crippen LogP contribution in [0, 0.1) is 5.92 Å². The molecule has 0 radical (unpaired) electrons. The van der Waals surface area contributed by atoms with Crippen molar-refractivity contribution in [1.82, 2.24) is 10.2 Å². The van der Waals surface area contributed by atoms with E-state index in [0.717, 1.165) is 54.6 Å². The van der Waals surface area contributed by atoms with E-state index in [1.807, 2.05) is 24.3 Å². The summed E-state index contributed by atoms with van der Waals surface area (Å²) in [5.41, 5.74) is 2.30. The molecule has 0 bridgehead atoms. The van der Waals surface area contributed by atoms with E-state index in [1.165, 1.54) is 5.56 Å². The first-order valence-electron chi connectivity index (χ1n) is 9.77. The standard InChI is InChI=1S/C22H25Cl3N2OS/c23-19-6-3-16(4-7-19)13-27-10-1-2-17(14-27)22(28)26-9-11-29-15-18-5-8-20(24)12-21(18)25/h3-8,12,17H,1-2,9-11,13-15H2,(H,26,28). The number of rotatable bonds is 8. The highest BCUT2D eigenvalue weighted by Gasteiger charge is 2.25. The van der Waals surface area contributed by atoms with Crippen molar-refractivity contribution in [3.63, 3.8) is 0 Å². The summed E-state index contributed by atoms with van der Waals surface area (Å²) in [5.74, 6) is 1.89. The number of thioether (sulfide) groups is 1. The van der Waals surface area contributed by atoms with Gasteiger partial charge in [-0.05, 0) is 54.8 Å². The number of hydrogen-bond donors (Lipinski definition) is 1. The first-order valence-corrected chi connectivity index (χ1v) is 12.1. The van der Waals surface area contributed by atoms with Gasteiger partial charge in [-0.25, -0.2) is 0 Å². The molecule has 1 aliphatic rings. The van der Waals surface area contributed by atoms with Crippen LogP contribution in [-0.4, -0.2) is 36.2 Å². The number of carbonyl (C=O) groups is 1. The molecule has 1 saturated heterocycles. The molecule has 0 spiro atoms. The Kier molecular flexibility index (Phi) is 9.01. The summed E-state index contributed by atoms with van der Waals surface area (Å²) >= 11 is 19.8. The normalized spacial score (nSPS) is 17.3. The maximum Gasteiger partial charge on any atom is 0.224 e. The minimum Gasteiger partial charge on any atom is -0.355 e. The monoisotopic (exact) mass is 470 g/mol. The summed E-state index contributed by atoms with van der Waals surface area (Å²) in [5, 5.41) is 5.19. The Morgan fingerprint density at radius 2 is 1.86 bits per heavy atom. The Bertz CT molecular complexity index is 816. The third-order valence-electron chi connectivity index (χ3n) is 5.01. The van der Waals surface area contributed by atoms with Gasteiger partial charge in [0.2, 0.25) is 5.91 Å². The zero-order valence-electron chi connectivity index (χ0n) is 16.2. The number of likely N-dealkylation sites (tertiary alicyclic amines) is 1. The van der Waals surface area contributed by atoms with Crippen molar-refractivity contribution in [3.05, 3.63) is 68.7 Å². The number of carbonyl (C=O) groups excluding carboxylic acids is 1. The molecule has 2 aromatic rings. The van der Waals surface area contributed by atoms with E-state index in [9.17, 15) is 4.79 Å². The van der Waals surface area contributed by atoms with Crippen molar-refractivity contribution in [2.75, 3.05) is 25.4 Å². The highest BCUT2D eigenvalue weighted by Crippen LogP contribution is 2.24. The lowest BCUT2D eigenvalue weighted by atomic mass is 9.96. The zero-order chi connectivity index (χ0) is 20.6. The van der Waals surface area contributed by atoms with Crippen LogP contribution in [-0.2, 0) is 17.1 Å². The molecule has 1 N–H and O–H groups in total. The molecular weight excluding hydrogens is 447 g/mol. The smallest absolute Gasteiger partial charge is 0.224 e. The second-order valence-corrected chi connectivity index (χ2v) is 9.67. The summed E-state index contributed by atoms with van der Waals surface area (Å²) < 4.78 is 0. The maximum atomic E-state index is 12.6. The molecule has 29 heavy (non-hydrogen) atoms. The van der Waals surface area contributed by atoms with E-state index in [-0.39, 0.29) is 11.8 Å². The van der Waals surface area contributed by atoms with Gasteiger partial charge in [0.05, 0.1) is 5.92 Å². The molecule has 1 aliphatic heterocycles. The second kappa shape index (κ2) is 11.5. The van der Waals surface area contributed by atoms with Crippen molar-refractivity contribution < 1.29 is 4.79 Å². The number of nitrogens with zero attached hydrogens (tertiary/aromatic N) is 1. The van der Waals surface area contributed by atoms with Gasteiger partial charge >= 0.3 is 0 Å². The lowest BCUT2D eigenvalue weighted by Gasteiger charge is -2.32. The van der Waals surface area contributed by atoms with Crippen LogP contribution in [0.25, 0.3) is 0 Å². The van der Waals surface area contributed by atoms with Gasteiger partial charge in [0.1, 0.15) is 0 Å². The van der Waals surface area contributed by atoms with Gasteiger partial charge in [0, 0.05) is 46.2 Å². The summed E-state index contributed by atoms with van der Waals surface area (Å²) in [4.78, 5) is 14.9. The lowest BCUT2D eigenvalue weighted by molar-refractivity contribution is -0.126. The molecule has 2 aromatic carbocycles. The lowest BCUT2D eigenvalue weighted by Crippen LogP contribution is -2.43. The van der Waals surface area contributed by atoms with E-state index >= 15 is 0 Å². The average molecular weight is 472 g/mol. The fraction of sp³-hybridized carbons (Fsp3) is 0.409. The number of benzene rings is 2. The van der Waals surface area contributed by atoms with E-state index in [2.05, 4.69) is 22.3 Å². The van der Waals surface area contributed by atoms with Crippen molar-refractivity contribution in [2.24, 2.45) is 5.92 Å². The maximum absolute atomic E-state index is 12.6. The molecule has 3 rings (SSSR count). The Morgan fingerprint density at radius 1 is 1.10 bits per heavy atom. The molecule has 3 nitrogen and oxygen atoms in total. The number of halogens is 3. The van der Waals surface area contributed by atoms with Gasteiger partial charge in [-0.15, -0.1) is 0 Å². The van der Waals surface area contributed by atoms with Crippen molar-refractivity contribution in [3.8, 4) is 0 Å². The minimum absolute atomic E-state index is 0.0618. The van der Waals surface area contributed by atoms with E-state index in [4.69, 9.17) is 34.8 Å². The van der Waals surface area contributed by atoms with Gasteiger partial charge in [0.25, 0.3) is 0 Å². The van der Waals surface area contributed by atoms with Crippen LogP contribution in [0.4, 0.5) is 0 Å². The van der Waals surface area contributed by atoms with E-state index < -0.39 is 0 Å². The Morgan fingerprint density at radius 3 is 2.62 bits per heavy atom. The molecule has 1 amide bonds. The number of nitrogens with one attached hydrogen (secondary N) is 1. The van der Waals surface area contributed by atoms with Gasteiger partial charge in [-0.1, -0.05) is 53.0 Å².